The molecule has 2 saturated carbocycles. The summed E-state index contributed by atoms with van der Waals surface area (Å²) in [6, 6.07) is 0. The Labute approximate surface area is 146 Å². The van der Waals surface area contributed by atoms with Crippen LogP contribution in [-0.2, 0) is 0 Å². The Morgan fingerprint density at radius 2 is 1.38 bits per heavy atom. The largest absolute Gasteiger partial charge is 0.393 e. The third kappa shape index (κ3) is 2.15. The van der Waals surface area contributed by atoms with Crippen LogP contribution in [0.4, 0.5) is 0 Å². The van der Waals surface area contributed by atoms with E-state index >= 15 is 0 Å². The summed E-state index contributed by atoms with van der Waals surface area (Å²) >= 11 is 0. The van der Waals surface area contributed by atoms with Crippen molar-refractivity contribution in [3.63, 3.8) is 0 Å². The number of allylic oxidation sites excluding steroid dienone is 4. The van der Waals surface area contributed by atoms with Crippen molar-refractivity contribution in [2.45, 2.75) is 89.3 Å². The van der Waals surface area contributed by atoms with E-state index in [0.29, 0.717) is 5.41 Å². The van der Waals surface area contributed by atoms with Gasteiger partial charge >= 0.3 is 0 Å². The summed E-state index contributed by atoms with van der Waals surface area (Å²) in [5, 5.41) is 20.0. The molecule has 0 amide bonds. The monoisotopic (exact) mass is 328 g/mol. The first-order valence-electron chi connectivity index (χ1n) is 10.5. The van der Waals surface area contributed by atoms with Gasteiger partial charge in [-0.25, -0.2) is 0 Å². The van der Waals surface area contributed by atoms with Crippen LogP contribution >= 0.6 is 0 Å². The van der Waals surface area contributed by atoms with Gasteiger partial charge in [-0.05, 0) is 106 Å². The highest BCUT2D eigenvalue weighted by Gasteiger charge is 2.57. The molecule has 5 aliphatic rings. The summed E-state index contributed by atoms with van der Waals surface area (Å²) < 4.78 is 0. The molecule has 0 aromatic rings. The maximum absolute atomic E-state index is 10.0. The molecule has 2 bridgehead atoms. The summed E-state index contributed by atoms with van der Waals surface area (Å²) in [6.45, 7) is 0. The third-order valence-corrected chi connectivity index (χ3v) is 8.33. The summed E-state index contributed by atoms with van der Waals surface area (Å²) in [5.41, 5.74) is 5.68. The number of hydrogen-bond acceptors (Lipinski definition) is 2. The molecule has 5 rings (SSSR count). The number of hydrogen-bond donors (Lipinski definition) is 2. The van der Waals surface area contributed by atoms with E-state index in [4.69, 9.17) is 0 Å². The minimum Gasteiger partial charge on any atom is -0.393 e. The van der Waals surface area contributed by atoms with E-state index in [1.54, 1.807) is 11.1 Å². The van der Waals surface area contributed by atoms with Crippen molar-refractivity contribution in [2.24, 2.45) is 23.2 Å². The van der Waals surface area contributed by atoms with E-state index in [0.717, 1.165) is 43.4 Å². The number of rotatable bonds is 2. The second-order valence-corrected chi connectivity index (χ2v) is 9.29. The van der Waals surface area contributed by atoms with Gasteiger partial charge in [0.2, 0.25) is 0 Å². The highest BCUT2D eigenvalue weighted by atomic mass is 16.3. The molecule has 2 heteroatoms. The fraction of sp³-hybridized carbons (Fsp3) is 0.818. The van der Waals surface area contributed by atoms with Gasteiger partial charge in [-0.2, -0.15) is 0 Å². The standard InChI is InChI=1S/C22H32O2/c23-17-8-4-15(5-9-17)22(16-6-10-18(24)11-7-16)13-14-12-21(22)20-3-1-2-19(14)20/h13,15-18,21,23-24H,1-12H2. The average Bonchev–Trinajstić information content (AvgIpc) is 3.28. The zero-order valence-electron chi connectivity index (χ0n) is 14.8. The fourth-order valence-corrected chi connectivity index (χ4v) is 7.30. The first-order valence-corrected chi connectivity index (χ1v) is 10.5. The lowest BCUT2D eigenvalue weighted by molar-refractivity contribution is -0.0115. The lowest BCUT2D eigenvalue weighted by Crippen LogP contribution is -2.45. The minimum atomic E-state index is -0.0565. The van der Waals surface area contributed by atoms with Gasteiger partial charge in [-0.3, -0.25) is 0 Å². The number of aliphatic hydroxyl groups excluding tert-OH is 2. The van der Waals surface area contributed by atoms with Crippen LogP contribution in [0, 0.1) is 23.2 Å². The normalized spacial score (nSPS) is 47.9. The van der Waals surface area contributed by atoms with E-state index in [-0.39, 0.29) is 12.2 Å². The molecule has 2 nitrogen and oxygen atoms in total. The van der Waals surface area contributed by atoms with Crippen LogP contribution < -0.4 is 0 Å². The quantitative estimate of drug-likeness (QED) is 0.782. The molecule has 0 aromatic heterocycles. The molecule has 2 fully saturated rings. The van der Waals surface area contributed by atoms with Crippen LogP contribution in [0.5, 0.6) is 0 Å². The summed E-state index contributed by atoms with van der Waals surface area (Å²) in [4.78, 5) is 0. The van der Waals surface area contributed by atoms with Crippen molar-refractivity contribution in [3.8, 4) is 0 Å². The molecular formula is C22H32O2. The first kappa shape index (κ1) is 15.6. The Balaban J connectivity index is 1.50. The molecule has 0 spiro atoms. The van der Waals surface area contributed by atoms with E-state index in [2.05, 4.69) is 6.08 Å². The molecule has 24 heavy (non-hydrogen) atoms. The smallest absolute Gasteiger partial charge is 0.0540 e. The Morgan fingerprint density at radius 1 is 0.792 bits per heavy atom. The molecular weight excluding hydrogens is 296 g/mol. The molecule has 132 valence electrons. The summed E-state index contributed by atoms with van der Waals surface area (Å²) in [6.07, 6.45) is 16.9. The van der Waals surface area contributed by atoms with E-state index < -0.39 is 0 Å². The van der Waals surface area contributed by atoms with Crippen LogP contribution in [0.25, 0.3) is 0 Å². The summed E-state index contributed by atoms with van der Waals surface area (Å²) in [5.74, 6) is 2.31. The molecule has 1 unspecified atom stereocenters. The van der Waals surface area contributed by atoms with Crippen molar-refractivity contribution in [3.05, 3.63) is 22.8 Å². The number of aliphatic hydroxyl groups is 2. The van der Waals surface area contributed by atoms with Gasteiger partial charge in [0.25, 0.3) is 0 Å². The molecule has 1 atom stereocenters. The lowest BCUT2D eigenvalue weighted by atomic mass is 9.53. The molecule has 0 aromatic carbocycles. The highest BCUT2D eigenvalue weighted by Crippen LogP contribution is 2.67. The SMILES string of the molecule is OC1CCC(C2(C3CCC(O)CC3)C=C3CC2C2=C3CCC2)CC1. The van der Waals surface area contributed by atoms with Crippen LogP contribution in [0.15, 0.2) is 22.8 Å². The van der Waals surface area contributed by atoms with E-state index in [1.165, 1.54) is 51.4 Å². The van der Waals surface area contributed by atoms with Crippen molar-refractivity contribution < 1.29 is 10.2 Å². The topological polar surface area (TPSA) is 40.5 Å². The number of fused-ring (bicyclic) bond motifs is 4. The maximum atomic E-state index is 10.0. The summed E-state index contributed by atoms with van der Waals surface area (Å²) in [7, 11) is 0. The second-order valence-electron chi connectivity index (χ2n) is 9.29. The highest BCUT2D eigenvalue weighted by molar-refractivity contribution is 5.53. The first-order chi connectivity index (χ1) is 11.7. The molecule has 2 N–H and O–H groups in total. The molecule has 0 saturated heterocycles. The fourth-order valence-electron chi connectivity index (χ4n) is 7.30. The van der Waals surface area contributed by atoms with Crippen LogP contribution in [-0.4, -0.2) is 22.4 Å². The second kappa shape index (κ2) is 5.71. The maximum Gasteiger partial charge on any atom is 0.0540 e. The lowest BCUT2D eigenvalue weighted by Gasteiger charge is -2.51. The van der Waals surface area contributed by atoms with Gasteiger partial charge in [0.05, 0.1) is 12.2 Å². The van der Waals surface area contributed by atoms with Gasteiger partial charge in [0, 0.05) is 5.41 Å². The van der Waals surface area contributed by atoms with E-state index in [1.807, 2.05) is 5.57 Å². The van der Waals surface area contributed by atoms with Crippen molar-refractivity contribution in [2.75, 3.05) is 0 Å². The van der Waals surface area contributed by atoms with Crippen molar-refractivity contribution >= 4 is 0 Å². The zero-order valence-corrected chi connectivity index (χ0v) is 14.8. The van der Waals surface area contributed by atoms with Crippen molar-refractivity contribution in [1.82, 2.24) is 0 Å². The minimum absolute atomic E-state index is 0.0565. The van der Waals surface area contributed by atoms with Crippen LogP contribution in [0.3, 0.4) is 0 Å². The molecule has 5 aliphatic carbocycles. The predicted molar refractivity (Wildman–Crippen MR) is 95.4 cm³/mol. The van der Waals surface area contributed by atoms with Gasteiger partial charge in [-0.1, -0.05) is 11.6 Å². The van der Waals surface area contributed by atoms with Gasteiger partial charge in [0.15, 0.2) is 0 Å². The molecule has 0 heterocycles. The van der Waals surface area contributed by atoms with Crippen LogP contribution in [0.2, 0.25) is 0 Å². The van der Waals surface area contributed by atoms with Gasteiger partial charge < -0.3 is 10.2 Å². The van der Waals surface area contributed by atoms with E-state index in [9.17, 15) is 10.2 Å². The Hall–Kier alpha value is -0.600. The Kier molecular flexibility index (Phi) is 3.72. The zero-order chi connectivity index (χ0) is 16.3. The predicted octanol–water partition coefficient (Wildman–Crippen LogP) is 4.52. The van der Waals surface area contributed by atoms with Gasteiger partial charge in [0.1, 0.15) is 0 Å². The Morgan fingerprint density at radius 3 is 1.96 bits per heavy atom. The third-order valence-electron chi connectivity index (χ3n) is 8.33. The Bertz CT molecular complexity index is 549. The molecule has 0 radical (unpaired) electrons. The van der Waals surface area contributed by atoms with Crippen LogP contribution in [0.1, 0.15) is 77.0 Å². The van der Waals surface area contributed by atoms with Gasteiger partial charge in [-0.15, -0.1) is 0 Å². The van der Waals surface area contributed by atoms with Crippen molar-refractivity contribution in [1.29, 1.82) is 0 Å². The molecule has 0 aliphatic heterocycles. The average molecular weight is 328 g/mol.